The molecule has 0 aliphatic rings. The van der Waals surface area contributed by atoms with Crippen LogP contribution in [0, 0.1) is 0 Å². The molecule has 1 unspecified atom stereocenters. The van der Waals surface area contributed by atoms with E-state index >= 15 is 0 Å². The number of rotatable bonds is 3. The van der Waals surface area contributed by atoms with E-state index in [1.54, 1.807) is 11.9 Å². The Kier molecular flexibility index (Phi) is 3.75. The standard InChI is InChI=1S/C9H12ClNOS/c1-7(6-10)11(2)9(12)8-4-3-5-13-8/h3-5,7H,6H2,1-2H3. The molecule has 0 fully saturated rings. The third-order valence-corrected chi connectivity index (χ3v) is 3.24. The van der Waals surface area contributed by atoms with E-state index < -0.39 is 0 Å². The first-order chi connectivity index (χ1) is 6.16. The third-order valence-electron chi connectivity index (χ3n) is 1.94. The van der Waals surface area contributed by atoms with Gasteiger partial charge in [0.2, 0.25) is 0 Å². The molecule has 0 bridgehead atoms. The Bertz CT molecular complexity index is 273. The van der Waals surface area contributed by atoms with Crippen LogP contribution in [-0.2, 0) is 0 Å². The van der Waals surface area contributed by atoms with Crippen LogP contribution in [0.4, 0.5) is 0 Å². The highest BCUT2D eigenvalue weighted by atomic mass is 35.5. The molecule has 0 saturated heterocycles. The Hall–Kier alpha value is -0.540. The van der Waals surface area contributed by atoms with Gasteiger partial charge in [-0.1, -0.05) is 6.07 Å². The molecule has 0 N–H and O–H groups in total. The van der Waals surface area contributed by atoms with E-state index in [4.69, 9.17) is 11.6 Å². The highest BCUT2D eigenvalue weighted by Crippen LogP contribution is 2.12. The molecule has 0 spiro atoms. The number of carbonyl (C=O) groups excluding carboxylic acids is 1. The summed E-state index contributed by atoms with van der Waals surface area (Å²) < 4.78 is 0. The van der Waals surface area contributed by atoms with Gasteiger partial charge in [0.05, 0.1) is 4.88 Å². The number of hydrogen-bond donors (Lipinski definition) is 0. The van der Waals surface area contributed by atoms with E-state index in [2.05, 4.69) is 0 Å². The molecule has 0 aliphatic carbocycles. The molecular formula is C9H12ClNOS. The summed E-state index contributed by atoms with van der Waals surface area (Å²) >= 11 is 7.11. The molecule has 0 aliphatic heterocycles. The van der Waals surface area contributed by atoms with Gasteiger partial charge in [-0.25, -0.2) is 0 Å². The second-order valence-electron chi connectivity index (χ2n) is 2.90. The van der Waals surface area contributed by atoms with Crippen LogP contribution >= 0.6 is 22.9 Å². The van der Waals surface area contributed by atoms with Crippen LogP contribution in [0.2, 0.25) is 0 Å². The minimum atomic E-state index is 0.0446. The highest BCUT2D eigenvalue weighted by Gasteiger charge is 2.16. The largest absolute Gasteiger partial charge is 0.337 e. The quantitative estimate of drug-likeness (QED) is 0.713. The Balaban J connectivity index is 2.68. The molecule has 13 heavy (non-hydrogen) atoms. The van der Waals surface area contributed by atoms with Gasteiger partial charge in [0.25, 0.3) is 5.91 Å². The number of hydrogen-bond acceptors (Lipinski definition) is 2. The second kappa shape index (κ2) is 4.63. The summed E-state index contributed by atoms with van der Waals surface area (Å²) in [5.41, 5.74) is 0. The van der Waals surface area contributed by atoms with Crippen LogP contribution in [0.15, 0.2) is 17.5 Å². The van der Waals surface area contributed by atoms with Gasteiger partial charge in [0.1, 0.15) is 0 Å². The molecule has 72 valence electrons. The normalized spacial score (nSPS) is 12.5. The summed E-state index contributed by atoms with van der Waals surface area (Å²) in [5, 5.41) is 1.90. The first kappa shape index (κ1) is 10.5. The first-order valence-electron chi connectivity index (χ1n) is 4.03. The lowest BCUT2D eigenvalue weighted by Gasteiger charge is -2.22. The average Bonchev–Trinajstić information content (AvgIpc) is 2.67. The van der Waals surface area contributed by atoms with Crippen molar-refractivity contribution in [2.45, 2.75) is 13.0 Å². The maximum atomic E-state index is 11.7. The van der Waals surface area contributed by atoms with E-state index in [1.165, 1.54) is 11.3 Å². The zero-order valence-corrected chi connectivity index (χ0v) is 9.23. The lowest BCUT2D eigenvalue weighted by molar-refractivity contribution is 0.0761. The Labute approximate surface area is 87.1 Å². The van der Waals surface area contributed by atoms with Crippen molar-refractivity contribution in [2.75, 3.05) is 12.9 Å². The van der Waals surface area contributed by atoms with Crippen LogP contribution < -0.4 is 0 Å². The van der Waals surface area contributed by atoms with Crippen molar-refractivity contribution in [1.82, 2.24) is 4.90 Å². The van der Waals surface area contributed by atoms with Crippen LogP contribution in [-0.4, -0.2) is 29.8 Å². The third kappa shape index (κ3) is 2.45. The minimum absolute atomic E-state index is 0.0446. The molecule has 1 rings (SSSR count). The molecule has 4 heteroatoms. The molecule has 2 nitrogen and oxygen atoms in total. The number of amides is 1. The number of nitrogens with zero attached hydrogens (tertiary/aromatic N) is 1. The maximum Gasteiger partial charge on any atom is 0.263 e. The first-order valence-corrected chi connectivity index (χ1v) is 5.45. The lowest BCUT2D eigenvalue weighted by atomic mass is 10.3. The van der Waals surface area contributed by atoms with Crippen molar-refractivity contribution in [3.8, 4) is 0 Å². The van der Waals surface area contributed by atoms with Crippen LogP contribution in [0.25, 0.3) is 0 Å². The number of carbonyl (C=O) groups is 1. The van der Waals surface area contributed by atoms with Crippen LogP contribution in [0.1, 0.15) is 16.6 Å². The number of thiophene rings is 1. The molecule has 0 aromatic carbocycles. The van der Waals surface area contributed by atoms with E-state index in [-0.39, 0.29) is 11.9 Å². The minimum Gasteiger partial charge on any atom is -0.337 e. The van der Waals surface area contributed by atoms with Crippen molar-refractivity contribution < 1.29 is 4.79 Å². The van der Waals surface area contributed by atoms with Gasteiger partial charge < -0.3 is 4.90 Å². The fraction of sp³-hybridized carbons (Fsp3) is 0.444. The van der Waals surface area contributed by atoms with E-state index in [1.807, 2.05) is 24.4 Å². The van der Waals surface area contributed by atoms with Gasteiger partial charge in [0.15, 0.2) is 0 Å². The zero-order valence-electron chi connectivity index (χ0n) is 7.66. The summed E-state index contributed by atoms with van der Waals surface area (Å²) in [4.78, 5) is 14.1. The molecule has 0 radical (unpaired) electrons. The van der Waals surface area contributed by atoms with Crippen molar-refractivity contribution in [3.63, 3.8) is 0 Å². The van der Waals surface area contributed by atoms with Gasteiger partial charge in [-0.15, -0.1) is 22.9 Å². The molecular weight excluding hydrogens is 206 g/mol. The second-order valence-corrected chi connectivity index (χ2v) is 4.15. The Morgan fingerprint density at radius 3 is 2.92 bits per heavy atom. The fourth-order valence-corrected chi connectivity index (χ4v) is 1.79. The van der Waals surface area contributed by atoms with Gasteiger partial charge in [-0.2, -0.15) is 0 Å². The monoisotopic (exact) mass is 217 g/mol. The van der Waals surface area contributed by atoms with E-state index in [9.17, 15) is 4.79 Å². The topological polar surface area (TPSA) is 20.3 Å². The van der Waals surface area contributed by atoms with E-state index in [0.29, 0.717) is 5.88 Å². The summed E-state index contributed by atoms with van der Waals surface area (Å²) in [5.74, 6) is 0.510. The molecule has 0 saturated carbocycles. The highest BCUT2D eigenvalue weighted by molar-refractivity contribution is 7.12. The molecule has 1 amide bonds. The van der Waals surface area contributed by atoms with Gasteiger partial charge >= 0.3 is 0 Å². The van der Waals surface area contributed by atoms with Gasteiger partial charge in [-0.05, 0) is 18.4 Å². The molecule has 1 aromatic heterocycles. The maximum absolute atomic E-state index is 11.7. The number of alkyl halides is 1. The van der Waals surface area contributed by atoms with Gasteiger partial charge in [0, 0.05) is 19.0 Å². The predicted octanol–water partition coefficient (Wildman–Crippen LogP) is 2.45. The van der Waals surface area contributed by atoms with E-state index in [0.717, 1.165) is 4.88 Å². The van der Waals surface area contributed by atoms with Crippen molar-refractivity contribution in [1.29, 1.82) is 0 Å². The lowest BCUT2D eigenvalue weighted by Crippen LogP contribution is -2.35. The Morgan fingerprint density at radius 2 is 2.46 bits per heavy atom. The van der Waals surface area contributed by atoms with Crippen LogP contribution in [0.5, 0.6) is 0 Å². The summed E-state index contributed by atoms with van der Waals surface area (Å²) in [6, 6.07) is 3.78. The summed E-state index contributed by atoms with van der Waals surface area (Å²) in [7, 11) is 1.77. The number of halogens is 1. The van der Waals surface area contributed by atoms with Crippen molar-refractivity contribution in [2.24, 2.45) is 0 Å². The summed E-state index contributed by atoms with van der Waals surface area (Å²) in [6.45, 7) is 1.93. The fourth-order valence-electron chi connectivity index (χ4n) is 0.878. The van der Waals surface area contributed by atoms with Crippen molar-refractivity contribution >= 4 is 28.8 Å². The zero-order chi connectivity index (χ0) is 9.84. The Morgan fingerprint density at radius 1 is 1.77 bits per heavy atom. The molecule has 1 heterocycles. The van der Waals surface area contributed by atoms with Crippen LogP contribution in [0.3, 0.4) is 0 Å². The molecule has 1 atom stereocenters. The smallest absolute Gasteiger partial charge is 0.263 e. The van der Waals surface area contributed by atoms with Crippen molar-refractivity contribution in [3.05, 3.63) is 22.4 Å². The molecule has 1 aromatic rings. The summed E-state index contributed by atoms with van der Waals surface area (Å²) in [6.07, 6.45) is 0. The average molecular weight is 218 g/mol. The van der Waals surface area contributed by atoms with Gasteiger partial charge in [-0.3, -0.25) is 4.79 Å². The SMILES string of the molecule is CC(CCl)N(C)C(=O)c1cccs1. The predicted molar refractivity (Wildman–Crippen MR) is 56.6 cm³/mol.